The van der Waals surface area contributed by atoms with E-state index in [-0.39, 0.29) is 113 Å². The molecule has 68 heavy (non-hydrogen) atoms. The number of amidine groups is 1. The molecule has 372 valence electrons. The fourth-order valence-corrected chi connectivity index (χ4v) is 7.90. The highest BCUT2D eigenvalue weighted by atomic mass is 19.4. The second kappa shape index (κ2) is 26.3. The van der Waals surface area contributed by atoms with Crippen molar-refractivity contribution in [1.29, 1.82) is 10.8 Å². The summed E-state index contributed by atoms with van der Waals surface area (Å²) < 4.78 is 94.0. The highest BCUT2D eigenvalue weighted by Crippen LogP contribution is 2.39. The minimum atomic E-state index is -4.67. The zero-order valence-electron chi connectivity index (χ0n) is 38.9. The molecule has 0 bridgehead atoms. The third-order valence-electron chi connectivity index (χ3n) is 11.3. The van der Waals surface area contributed by atoms with Crippen molar-refractivity contribution in [1.82, 2.24) is 20.6 Å². The number of hydrogen-bond donors (Lipinski definition) is 5. The SMILES string of the molecule is CC(=N)CCCCCC(=O)Cc1cc(C(F)(F)F)cc(CC(C)=O)c1OC1CCNC1.Cc1cc(C(=O)Cc2cc(C(F)(F)F)cc(CC(=O)CCCCCC(=N)N)c2OC2CCNC2)ncn1. The Morgan fingerprint density at radius 1 is 0.647 bits per heavy atom. The maximum Gasteiger partial charge on any atom is 0.416 e. The van der Waals surface area contributed by atoms with Crippen LogP contribution in [-0.2, 0) is 52.4 Å². The van der Waals surface area contributed by atoms with Gasteiger partial charge in [0.15, 0.2) is 5.78 Å². The van der Waals surface area contributed by atoms with Gasteiger partial charge in [-0.25, -0.2) is 9.97 Å². The zero-order valence-corrected chi connectivity index (χ0v) is 38.9. The van der Waals surface area contributed by atoms with E-state index in [1.54, 1.807) is 13.8 Å². The summed E-state index contributed by atoms with van der Waals surface area (Å²) in [6.07, 6.45) is -2.35. The number of unbranched alkanes of at least 4 members (excludes halogenated alkanes) is 4. The zero-order chi connectivity index (χ0) is 50.0. The maximum absolute atomic E-state index is 13.8. The minimum absolute atomic E-state index is 0.0762. The Labute approximate surface area is 393 Å². The van der Waals surface area contributed by atoms with E-state index in [2.05, 4.69) is 20.6 Å². The smallest absolute Gasteiger partial charge is 0.416 e. The van der Waals surface area contributed by atoms with E-state index in [0.29, 0.717) is 82.4 Å². The van der Waals surface area contributed by atoms with Crippen LogP contribution >= 0.6 is 0 Å². The van der Waals surface area contributed by atoms with Gasteiger partial charge in [0.05, 0.1) is 17.0 Å². The number of alkyl halides is 6. The predicted molar refractivity (Wildman–Crippen MR) is 245 cm³/mol. The standard InChI is InChI=1S/C26H32F3N5O3.C23H31F3N2O3/c1-16-9-22(34-15-33-16)23(36)13-18-11-19(26(27,28)29)10-17(25(18)37-21-7-8-32-14-21)12-20(35)5-3-2-4-6-24(30)31;1-15(27)6-4-3-5-7-20(30)13-18-12-19(23(24,25)26)11-17(10-16(2)29)22(18)31-21-8-9-28-14-21/h9-11,15,21,32H,2-8,12-14H2,1H3,(H3,30,31);11-12,21,27-28H,3-10,13-14H2,1-2H3. The summed E-state index contributed by atoms with van der Waals surface area (Å²) in [6, 6.07) is 5.31. The predicted octanol–water partition coefficient (Wildman–Crippen LogP) is 8.65. The molecule has 3 aromatic rings. The lowest BCUT2D eigenvalue weighted by atomic mass is 9.94. The van der Waals surface area contributed by atoms with E-state index < -0.39 is 29.3 Å². The molecular weight excluding hydrogens is 897 g/mol. The van der Waals surface area contributed by atoms with Crippen LogP contribution in [0, 0.1) is 17.7 Å². The molecule has 0 spiro atoms. The summed E-state index contributed by atoms with van der Waals surface area (Å²) >= 11 is 0. The number of Topliss-reactive ketones (excluding diaryl/α,β-unsaturated/α-hetero) is 4. The van der Waals surface area contributed by atoms with Crippen LogP contribution in [0.15, 0.2) is 36.7 Å². The Kier molecular flexibility index (Phi) is 21.3. The second-order valence-corrected chi connectivity index (χ2v) is 17.6. The number of ketones is 4. The normalized spacial score (nSPS) is 15.9. The van der Waals surface area contributed by atoms with Crippen molar-refractivity contribution in [3.63, 3.8) is 0 Å². The highest BCUT2D eigenvalue weighted by Gasteiger charge is 2.35. The van der Waals surface area contributed by atoms with Crippen LogP contribution in [0.1, 0.15) is 140 Å². The van der Waals surface area contributed by atoms with Crippen LogP contribution in [0.2, 0.25) is 0 Å². The lowest BCUT2D eigenvalue weighted by molar-refractivity contribution is -0.138. The van der Waals surface area contributed by atoms with Gasteiger partial charge in [-0.05, 0) is 109 Å². The Hall–Kier alpha value is -5.56. The van der Waals surface area contributed by atoms with Crippen molar-refractivity contribution < 1.29 is 55.0 Å². The number of benzene rings is 2. The average Bonchev–Trinajstić information content (AvgIpc) is 3.97. The molecule has 13 nitrogen and oxygen atoms in total. The average molecular weight is 960 g/mol. The summed E-state index contributed by atoms with van der Waals surface area (Å²) in [5.41, 5.74) is 5.36. The van der Waals surface area contributed by atoms with Crippen LogP contribution in [-0.4, -0.2) is 83.0 Å². The van der Waals surface area contributed by atoms with E-state index in [9.17, 15) is 45.5 Å². The number of nitrogens with two attached hydrogens (primary N) is 1. The molecule has 3 heterocycles. The Morgan fingerprint density at radius 2 is 1.09 bits per heavy atom. The number of aryl methyl sites for hydroxylation is 1. The number of aromatic nitrogens is 2. The summed E-state index contributed by atoms with van der Waals surface area (Å²) in [6.45, 7) is 7.28. The monoisotopic (exact) mass is 959 g/mol. The van der Waals surface area contributed by atoms with Gasteiger partial charge >= 0.3 is 12.4 Å². The number of rotatable bonds is 25. The van der Waals surface area contributed by atoms with Crippen LogP contribution in [0.5, 0.6) is 11.5 Å². The Balaban J connectivity index is 0.000000301. The highest BCUT2D eigenvalue weighted by molar-refractivity contribution is 5.96. The van der Waals surface area contributed by atoms with Crippen LogP contribution in [0.25, 0.3) is 0 Å². The largest absolute Gasteiger partial charge is 0.488 e. The van der Waals surface area contributed by atoms with Gasteiger partial charge in [-0.2, -0.15) is 26.3 Å². The van der Waals surface area contributed by atoms with Crippen molar-refractivity contribution in [2.24, 2.45) is 5.73 Å². The van der Waals surface area contributed by atoms with Gasteiger partial charge in [-0.1, -0.05) is 12.8 Å². The summed E-state index contributed by atoms with van der Waals surface area (Å²) in [7, 11) is 0. The second-order valence-electron chi connectivity index (χ2n) is 17.6. The molecule has 2 aromatic carbocycles. The number of ether oxygens (including phenoxy) is 2. The molecule has 19 heteroatoms. The number of halogens is 6. The number of hydrogen-bond acceptors (Lipinski definition) is 12. The molecule has 0 saturated carbocycles. The van der Waals surface area contributed by atoms with Crippen LogP contribution in [0.3, 0.4) is 0 Å². The van der Waals surface area contributed by atoms with Gasteiger partial charge in [0.25, 0.3) is 0 Å². The summed E-state index contributed by atoms with van der Waals surface area (Å²) in [5.74, 6) is -0.642. The molecule has 0 amide bonds. The summed E-state index contributed by atoms with van der Waals surface area (Å²) in [4.78, 5) is 57.9. The van der Waals surface area contributed by atoms with Crippen LogP contribution < -0.4 is 25.8 Å². The first kappa shape index (κ1) is 55.0. The first-order chi connectivity index (χ1) is 32.1. The lowest BCUT2D eigenvalue weighted by Crippen LogP contribution is -2.22. The lowest BCUT2D eigenvalue weighted by Gasteiger charge is -2.21. The quantitative estimate of drug-likeness (QED) is 0.0178. The first-order valence-electron chi connectivity index (χ1n) is 23.0. The number of carbonyl (C=O) groups is 4. The summed E-state index contributed by atoms with van der Waals surface area (Å²) in [5, 5.41) is 21.0. The molecule has 2 aliphatic heterocycles. The van der Waals surface area contributed by atoms with E-state index in [4.69, 9.17) is 26.0 Å². The molecule has 0 radical (unpaired) electrons. The van der Waals surface area contributed by atoms with Crippen LogP contribution in [0.4, 0.5) is 26.3 Å². The molecule has 2 saturated heterocycles. The molecule has 1 aromatic heterocycles. The van der Waals surface area contributed by atoms with Crippen molar-refractivity contribution in [2.75, 3.05) is 26.2 Å². The number of nitrogens with one attached hydrogen (secondary N) is 4. The van der Waals surface area contributed by atoms with E-state index in [1.165, 1.54) is 19.3 Å². The van der Waals surface area contributed by atoms with Gasteiger partial charge < -0.3 is 31.3 Å². The number of nitrogens with zero attached hydrogens (tertiary/aromatic N) is 2. The van der Waals surface area contributed by atoms with E-state index in [1.807, 2.05) is 0 Å². The third kappa shape index (κ3) is 18.8. The Bertz CT molecular complexity index is 2240. The molecular formula is C49H63F6N7O6. The molecule has 5 rings (SSSR count). The van der Waals surface area contributed by atoms with Gasteiger partial charge in [0.2, 0.25) is 0 Å². The van der Waals surface area contributed by atoms with E-state index in [0.717, 1.165) is 43.7 Å². The van der Waals surface area contributed by atoms with Gasteiger partial charge in [0, 0.05) is 91.7 Å². The molecule has 0 aliphatic carbocycles. The molecule has 2 fully saturated rings. The maximum atomic E-state index is 13.8. The van der Waals surface area contributed by atoms with Crippen molar-refractivity contribution in [3.05, 3.63) is 81.4 Å². The molecule has 2 atom stereocenters. The van der Waals surface area contributed by atoms with E-state index >= 15 is 0 Å². The number of carbonyl (C=O) groups excluding carboxylic acids is 4. The fourth-order valence-electron chi connectivity index (χ4n) is 7.90. The molecule has 6 N–H and O–H groups in total. The molecule has 2 unspecified atom stereocenters. The minimum Gasteiger partial charge on any atom is -0.488 e. The van der Waals surface area contributed by atoms with Crippen molar-refractivity contribution in [2.45, 2.75) is 148 Å². The van der Waals surface area contributed by atoms with Gasteiger partial charge in [-0.3, -0.25) is 24.6 Å². The first-order valence-corrected chi connectivity index (χ1v) is 23.0. The Morgan fingerprint density at radius 3 is 1.49 bits per heavy atom. The van der Waals surface area contributed by atoms with Crippen molar-refractivity contribution in [3.8, 4) is 11.5 Å². The van der Waals surface area contributed by atoms with Gasteiger partial charge in [0.1, 0.15) is 53.1 Å². The fraction of sp³-hybridized carbons (Fsp3) is 0.551. The topological polar surface area (TPSA) is 210 Å². The van der Waals surface area contributed by atoms with Crippen molar-refractivity contribution >= 4 is 34.7 Å². The van der Waals surface area contributed by atoms with Gasteiger partial charge in [-0.15, -0.1) is 0 Å². The third-order valence-corrected chi connectivity index (χ3v) is 11.3. The molecule has 2 aliphatic rings.